The lowest BCUT2D eigenvalue weighted by Gasteiger charge is -2.18. The molecule has 1 aromatic carbocycles. The van der Waals surface area contributed by atoms with Gasteiger partial charge in [-0.3, -0.25) is 0 Å². The maximum Gasteiger partial charge on any atom is 0.0879 e. The monoisotopic (exact) mass is 257 g/mol. The number of aromatic amines is 1. The zero-order valence-corrected chi connectivity index (χ0v) is 11.6. The number of aromatic nitrogens is 1. The van der Waals surface area contributed by atoms with Gasteiger partial charge in [-0.05, 0) is 24.1 Å². The first-order chi connectivity index (χ1) is 9.40. The Bertz CT molecular complexity index is 436. The summed E-state index contributed by atoms with van der Waals surface area (Å²) in [7, 11) is 0. The highest BCUT2D eigenvalue weighted by atomic mass is 16.5. The van der Waals surface area contributed by atoms with Crippen molar-refractivity contribution in [2.24, 2.45) is 0 Å². The van der Waals surface area contributed by atoms with Crippen LogP contribution < -0.4 is 0 Å². The molecule has 0 bridgehead atoms. The van der Waals surface area contributed by atoms with Crippen LogP contribution in [0.1, 0.15) is 43.5 Å². The molecular weight excluding hydrogens is 234 g/mol. The van der Waals surface area contributed by atoms with E-state index in [2.05, 4.69) is 42.2 Å². The van der Waals surface area contributed by atoms with Gasteiger partial charge in [-0.15, -0.1) is 0 Å². The van der Waals surface area contributed by atoms with Gasteiger partial charge in [-0.25, -0.2) is 0 Å². The Morgan fingerprint density at radius 2 is 1.89 bits per heavy atom. The Hall–Kier alpha value is -1.54. The highest BCUT2D eigenvalue weighted by Gasteiger charge is 2.12. The second-order valence-electron chi connectivity index (χ2n) is 4.88. The van der Waals surface area contributed by atoms with Gasteiger partial charge in [0.15, 0.2) is 0 Å². The maximum atomic E-state index is 6.08. The van der Waals surface area contributed by atoms with Crippen LogP contribution in [-0.2, 0) is 11.2 Å². The predicted octanol–water partition coefficient (Wildman–Crippen LogP) is 4.51. The van der Waals surface area contributed by atoms with Gasteiger partial charge in [-0.1, -0.05) is 50.1 Å². The minimum absolute atomic E-state index is 0.150. The maximum absolute atomic E-state index is 6.08. The zero-order chi connectivity index (χ0) is 13.3. The number of hydrogen-bond acceptors (Lipinski definition) is 1. The topological polar surface area (TPSA) is 25.0 Å². The lowest BCUT2D eigenvalue weighted by molar-refractivity contribution is 0.0497. The standard InChI is InChI=1S/C17H23NO/c1-2-3-7-13-19-17(14-16-11-8-12-18-16)15-9-5-4-6-10-15/h4-6,8-12,17-18H,2-3,7,13-14H2,1H3. The molecule has 1 N–H and O–H groups in total. The summed E-state index contributed by atoms with van der Waals surface area (Å²) in [6.07, 6.45) is 6.64. The molecule has 0 aliphatic carbocycles. The highest BCUT2D eigenvalue weighted by molar-refractivity contribution is 5.20. The van der Waals surface area contributed by atoms with Crippen LogP contribution in [0.3, 0.4) is 0 Å². The zero-order valence-electron chi connectivity index (χ0n) is 11.6. The average Bonchev–Trinajstić information content (AvgIpc) is 2.96. The van der Waals surface area contributed by atoms with Crippen LogP contribution >= 0.6 is 0 Å². The van der Waals surface area contributed by atoms with Crippen molar-refractivity contribution < 1.29 is 4.74 Å². The van der Waals surface area contributed by atoms with Gasteiger partial charge in [0.05, 0.1) is 6.10 Å². The molecule has 1 atom stereocenters. The SMILES string of the molecule is CCCCCOC(Cc1ccc[nH]1)c1ccccc1. The van der Waals surface area contributed by atoms with Gasteiger partial charge in [0.2, 0.25) is 0 Å². The summed E-state index contributed by atoms with van der Waals surface area (Å²) in [6, 6.07) is 14.6. The molecule has 0 amide bonds. The van der Waals surface area contributed by atoms with E-state index in [1.807, 2.05) is 18.3 Å². The van der Waals surface area contributed by atoms with Gasteiger partial charge in [-0.2, -0.15) is 0 Å². The van der Waals surface area contributed by atoms with Crippen molar-refractivity contribution in [1.82, 2.24) is 4.98 Å². The van der Waals surface area contributed by atoms with Gasteiger partial charge in [0, 0.05) is 24.9 Å². The summed E-state index contributed by atoms with van der Waals surface area (Å²) in [4.78, 5) is 3.26. The Morgan fingerprint density at radius 3 is 2.58 bits per heavy atom. The second-order valence-corrected chi connectivity index (χ2v) is 4.88. The molecule has 2 rings (SSSR count). The number of rotatable bonds is 8. The van der Waals surface area contributed by atoms with E-state index in [9.17, 15) is 0 Å². The van der Waals surface area contributed by atoms with Crippen LogP contribution in [0.25, 0.3) is 0 Å². The molecule has 1 aromatic heterocycles. The minimum Gasteiger partial charge on any atom is -0.373 e. The molecule has 2 aromatic rings. The third-order valence-electron chi connectivity index (χ3n) is 3.31. The normalized spacial score (nSPS) is 12.5. The van der Waals surface area contributed by atoms with Gasteiger partial charge in [0.1, 0.15) is 0 Å². The van der Waals surface area contributed by atoms with E-state index in [1.165, 1.54) is 24.1 Å². The van der Waals surface area contributed by atoms with Crippen molar-refractivity contribution >= 4 is 0 Å². The summed E-state index contributed by atoms with van der Waals surface area (Å²) in [5.74, 6) is 0. The lowest BCUT2D eigenvalue weighted by Crippen LogP contribution is -2.09. The van der Waals surface area contributed by atoms with Crippen LogP contribution in [0.4, 0.5) is 0 Å². The van der Waals surface area contributed by atoms with E-state index < -0.39 is 0 Å². The highest BCUT2D eigenvalue weighted by Crippen LogP contribution is 2.22. The van der Waals surface area contributed by atoms with Gasteiger partial charge >= 0.3 is 0 Å². The third-order valence-corrected chi connectivity index (χ3v) is 3.31. The fourth-order valence-corrected chi connectivity index (χ4v) is 2.21. The fraction of sp³-hybridized carbons (Fsp3) is 0.412. The molecule has 0 aliphatic heterocycles. The van der Waals surface area contributed by atoms with E-state index in [1.54, 1.807) is 0 Å². The van der Waals surface area contributed by atoms with Crippen molar-refractivity contribution in [2.75, 3.05) is 6.61 Å². The lowest BCUT2D eigenvalue weighted by atomic mass is 10.0. The number of unbranched alkanes of at least 4 members (excludes halogenated alkanes) is 2. The average molecular weight is 257 g/mol. The summed E-state index contributed by atoms with van der Waals surface area (Å²) in [5, 5.41) is 0. The fourth-order valence-electron chi connectivity index (χ4n) is 2.21. The molecule has 0 saturated heterocycles. The Kier molecular flexibility index (Phi) is 5.70. The molecule has 1 heterocycles. The summed E-state index contributed by atoms with van der Waals surface area (Å²) < 4.78 is 6.08. The van der Waals surface area contributed by atoms with Gasteiger partial charge < -0.3 is 9.72 Å². The number of ether oxygens (including phenoxy) is 1. The first kappa shape index (κ1) is 13.9. The van der Waals surface area contributed by atoms with E-state index in [0.717, 1.165) is 19.4 Å². The molecule has 1 unspecified atom stereocenters. The molecule has 19 heavy (non-hydrogen) atoms. The largest absolute Gasteiger partial charge is 0.373 e. The summed E-state index contributed by atoms with van der Waals surface area (Å²) in [6.45, 7) is 3.06. The molecule has 0 spiro atoms. The molecule has 0 aliphatic rings. The Morgan fingerprint density at radius 1 is 1.05 bits per heavy atom. The van der Waals surface area contributed by atoms with Crippen LogP contribution in [-0.4, -0.2) is 11.6 Å². The van der Waals surface area contributed by atoms with E-state index in [4.69, 9.17) is 4.74 Å². The van der Waals surface area contributed by atoms with Crippen molar-refractivity contribution in [3.05, 3.63) is 59.9 Å². The summed E-state index contributed by atoms with van der Waals surface area (Å²) >= 11 is 0. The Labute approximate surface area is 115 Å². The molecule has 0 radical (unpaired) electrons. The number of nitrogens with one attached hydrogen (secondary N) is 1. The number of H-pyrrole nitrogens is 1. The van der Waals surface area contributed by atoms with E-state index >= 15 is 0 Å². The van der Waals surface area contributed by atoms with Gasteiger partial charge in [0.25, 0.3) is 0 Å². The first-order valence-corrected chi connectivity index (χ1v) is 7.19. The van der Waals surface area contributed by atoms with Crippen molar-refractivity contribution in [3.63, 3.8) is 0 Å². The summed E-state index contributed by atoms with van der Waals surface area (Å²) in [5.41, 5.74) is 2.48. The predicted molar refractivity (Wildman–Crippen MR) is 79.2 cm³/mol. The van der Waals surface area contributed by atoms with E-state index in [0.29, 0.717) is 0 Å². The molecule has 102 valence electrons. The molecular formula is C17H23NO. The molecule has 0 saturated carbocycles. The molecule has 2 nitrogen and oxygen atoms in total. The van der Waals surface area contributed by atoms with Crippen LogP contribution in [0.15, 0.2) is 48.7 Å². The minimum atomic E-state index is 0.150. The first-order valence-electron chi connectivity index (χ1n) is 7.19. The van der Waals surface area contributed by atoms with Crippen molar-refractivity contribution in [1.29, 1.82) is 0 Å². The third kappa shape index (κ3) is 4.56. The van der Waals surface area contributed by atoms with Crippen LogP contribution in [0.2, 0.25) is 0 Å². The number of benzene rings is 1. The molecule has 0 fully saturated rings. The van der Waals surface area contributed by atoms with Crippen molar-refractivity contribution in [3.8, 4) is 0 Å². The van der Waals surface area contributed by atoms with Crippen molar-refractivity contribution in [2.45, 2.75) is 38.7 Å². The molecule has 2 heteroatoms. The smallest absolute Gasteiger partial charge is 0.0879 e. The van der Waals surface area contributed by atoms with E-state index in [-0.39, 0.29) is 6.10 Å². The number of hydrogen-bond donors (Lipinski definition) is 1. The second kappa shape index (κ2) is 7.80. The van der Waals surface area contributed by atoms with Crippen LogP contribution in [0.5, 0.6) is 0 Å². The van der Waals surface area contributed by atoms with Crippen LogP contribution in [0, 0.1) is 0 Å². The Balaban J connectivity index is 1.96. The quantitative estimate of drug-likeness (QED) is 0.692.